The lowest BCUT2D eigenvalue weighted by Gasteiger charge is -1.90. The van der Waals surface area contributed by atoms with E-state index in [4.69, 9.17) is 5.11 Å². The summed E-state index contributed by atoms with van der Waals surface area (Å²) >= 11 is 3.17. The molecule has 2 aromatic rings. The minimum Gasteiger partial charge on any atom is -0.481 e. The molecular weight excluding hydrogens is 230 g/mol. The first-order chi connectivity index (χ1) is 7.24. The maximum absolute atomic E-state index is 10.5. The largest absolute Gasteiger partial charge is 0.481 e. The molecule has 5 heteroatoms. The van der Waals surface area contributed by atoms with E-state index in [0.29, 0.717) is 0 Å². The zero-order valence-corrected chi connectivity index (χ0v) is 9.48. The van der Waals surface area contributed by atoms with Crippen molar-refractivity contribution >= 4 is 28.6 Å². The van der Waals surface area contributed by atoms with E-state index >= 15 is 0 Å². The van der Waals surface area contributed by atoms with Crippen LogP contribution in [0.3, 0.4) is 0 Å². The average Bonchev–Trinajstić information content (AvgIpc) is 2.77. The maximum Gasteiger partial charge on any atom is 0.308 e. The fraction of sp³-hybridized carbons (Fsp3) is 0.200. The Morgan fingerprint density at radius 1 is 1.47 bits per heavy atom. The lowest BCUT2D eigenvalue weighted by Crippen LogP contribution is -1.97. The number of carbonyl (C=O) groups is 1. The van der Waals surface area contributed by atoms with E-state index in [1.807, 2.05) is 11.4 Å². The molecule has 0 unspecified atom stereocenters. The van der Waals surface area contributed by atoms with E-state index in [0.717, 1.165) is 16.3 Å². The van der Waals surface area contributed by atoms with Gasteiger partial charge in [-0.05, 0) is 11.4 Å². The van der Waals surface area contributed by atoms with Crippen LogP contribution in [0.1, 0.15) is 14.8 Å². The van der Waals surface area contributed by atoms with E-state index in [-0.39, 0.29) is 6.42 Å². The van der Waals surface area contributed by atoms with Crippen LogP contribution in [0.5, 0.6) is 0 Å². The van der Waals surface area contributed by atoms with Crippen molar-refractivity contribution in [1.29, 1.82) is 0 Å². The molecule has 0 radical (unpaired) electrons. The van der Waals surface area contributed by atoms with Crippen molar-refractivity contribution in [3.05, 3.63) is 38.5 Å². The van der Waals surface area contributed by atoms with Crippen LogP contribution in [0.4, 0.5) is 0 Å². The molecule has 0 fully saturated rings. The monoisotopic (exact) mass is 239 g/mol. The highest BCUT2D eigenvalue weighted by molar-refractivity contribution is 7.12. The molecule has 15 heavy (non-hydrogen) atoms. The standard InChI is InChI=1S/C10H9NO2S2/c12-10(13)5-8-6-11-9(15-8)4-7-2-1-3-14-7/h1-3,6H,4-5H2,(H,12,13). The Balaban J connectivity index is 2.04. The molecule has 0 spiro atoms. The maximum atomic E-state index is 10.5. The van der Waals surface area contributed by atoms with Crippen molar-refractivity contribution in [2.24, 2.45) is 0 Å². The number of carboxylic acids is 1. The summed E-state index contributed by atoms with van der Waals surface area (Å²) in [6, 6.07) is 4.06. The van der Waals surface area contributed by atoms with E-state index in [1.54, 1.807) is 17.5 Å². The predicted octanol–water partition coefficient (Wildman–Crippen LogP) is 2.42. The second-order valence-corrected chi connectivity index (χ2v) is 5.28. The van der Waals surface area contributed by atoms with Gasteiger partial charge in [0.1, 0.15) is 0 Å². The Morgan fingerprint density at radius 2 is 2.33 bits per heavy atom. The Morgan fingerprint density at radius 3 is 3.00 bits per heavy atom. The topological polar surface area (TPSA) is 50.2 Å². The quantitative estimate of drug-likeness (QED) is 0.891. The fourth-order valence-electron chi connectivity index (χ4n) is 1.22. The zero-order chi connectivity index (χ0) is 10.7. The molecule has 2 rings (SSSR count). The number of aromatic nitrogens is 1. The molecule has 3 nitrogen and oxygen atoms in total. The van der Waals surface area contributed by atoms with Gasteiger partial charge in [0.15, 0.2) is 0 Å². The van der Waals surface area contributed by atoms with E-state index in [2.05, 4.69) is 11.1 Å². The SMILES string of the molecule is O=C(O)Cc1cnc(Cc2cccs2)s1. The lowest BCUT2D eigenvalue weighted by molar-refractivity contribution is -0.136. The number of aliphatic carboxylic acids is 1. The highest BCUT2D eigenvalue weighted by Crippen LogP contribution is 2.19. The summed E-state index contributed by atoms with van der Waals surface area (Å²) in [7, 11) is 0. The third-order valence-corrected chi connectivity index (χ3v) is 3.71. The van der Waals surface area contributed by atoms with Gasteiger partial charge in [0.05, 0.1) is 11.4 Å². The normalized spacial score (nSPS) is 10.4. The van der Waals surface area contributed by atoms with Gasteiger partial charge in [0.25, 0.3) is 0 Å². The summed E-state index contributed by atoms with van der Waals surface area (Å²) in [5, 5.41) is 11.6. The Hall–Kier alpha value is -1.20. The third-order valence-electron chi connectivity index (χ3n) is 1.83. The van der Waals surface area contributed by atoms with Gasteiger partial charge in [0, 0.05) is 22.4 Å². The van der Waals surface area contributed by atoms with Gasteiger partial charge in [-0.25, -0.2) is 4.98 Å². The van der Waals surface area contributed by atoms with Crippen molar-refractivity contribution in [3.8, 4) is 0 Å². The number of thiazole rings is 1. The van der Waals surface area contributed by atoms with Crippen LogP contribution in [0.2, 0.25) is 0 Å². The number of hydrogen-bond acceptors (Lipinski definition) is 4. The Kier molecular flexibility index (Phi) is 3.13. The number of carboxylic acid groups (broad SMARTS) is 1. The van der Waals surface area contributed by atoms with Gasteiger partial charge in [-0.1, -0.05) is 6.07 Å². The smallest absolute Gasteiger partial charge is 0.308 e. The minimum absolute atomic E-state index is 0.0715. The van der Waals surface area contributed by atoms with Crippen LogP contribution < -0.4 is 0 Å². The number of thiophene rings is 1. The van der Waals surface area contributed by atoms with E-state index < -0.39 is 5.97 Å². The molecule has 78 valence electrons. The first kappa shape index (κ1) is 10.3. The number of rotatable bonds is 4. The summed E-state index contributed by atoms with van der Waals surface area (Å²) in [5.41, 5.74) is 0. The molecule has 0 aliphatic rings. The molecule has 0 aliphatic carbocycles. The molecule has 1 N–H and O–H groups in total. The summed E-state index contributed by atoms with van der Waals surface area (Å²) < 4.78 is 0. The second kappa shape index (κ2) is 4.55. The van der Waals surface area contributed by atoms with Crippen LogP contribution in [0, 0.1) is 0 Å². The van der Waals surface area contributed by atoms with E-state index in [9.17, 15) is 4.79 Å². The molecule has 0 saturated heterocycles. The van der Waals surface area contributed by atoms with Crippen molar-refractivity contribution < 1.29 is 9.90 Å². The highest BCUT2D eigenvalue weighted by Gasteiger charge is 2.06. The Labute approximate surface area is 95.0 Å². The predicted molar refractivity (Wildman–Crippen MR) is 60.6 cm³/mol. The minimum atomic E-state index is -0.804. The number of hydrogen-bond donors (Lipinski definition) is 1. The van der Waals surface area contributed by atoms with Crippen molar-refractivity contribution in [3.63, 3.8) is 0 Å². The fourth-order valence-corrected chi connectivity index (χ4v) is 2.96. The molecule has 0 amide bonds. The van der Waals surface area contributed by atoms with E-state index in [1.165, 1.54) is 16.2 Å². The molecule has 2 heterocycles. The first-order valence-corrected chi connectivity index (χ1v) is 6.11. The van der Waals surface area contributed by atoms with Crippen LogP contribution in [-0.4, -0.2) is 16.1 Å². The van der Waals surface area contributed by atoms with Gasteiger partial charge in [-0.2, -0.15) is 0 Å². The van der Waals surface area contributed by atoms with Crippen molar-refractivity contribution in [1.82, 2.24) is 4.98 Å². The van der Waals surface area contributed by atoms with Gasteiger partial charge in [-0.15, -0.1) is 22.7 Å². The summed E-state index contributed by atoms with van der Waals surface area (Å²) in [5.74, 6) is -0.804. The molecule has 2 aromatic heterocycles. The lowest BCUT2D eigenvalue weighted by atomic mass is 10.3. The summed E-state index contributed by atoms with van der Waals surface area (Å²) in [6.07, 6.45) is 2.53. The van der Waals surface area contributed by atoms with Crippen LogP contribution >= 0.6 is 22.7 Å². The van der Waals surface area contributed by atoms with Crippen molar-refractivity contribution in [2.75, 3.05) is 0 Å². The molecule has 0 bridgehead atoms. The third kappa shape index (κ3) is 2.87. The van der Waals surface area contributed by atoms with Crippen LogP contribution in [-0.2, 0) is 17.6 Å². The molecule has 0 saturated carbocycles. The van der Waals surface area contributed by atoms with Gasteiger partial charge in [-0.3, -0.25) is 4.79 Å². The average molecular weight is 239 g/mol. The molecule has 0 aromatic carbocycles. The molecule has 0 aliphatic heterocycles. The second-order valence-electron chi connectivity index (χ2n) is 3.05. The summed E-state index contributed by atoms with van der Waals surface area (Å²) in [6.45, 7) is 0. The van der Waals surface area contributed by atoms with Gasteiger partial charge < -0.3 is 5.11 Å². The zero-order valence-electron chi connectivity index (χ0n) is 7.84. The van der Waals surface area contributed by atoms with Crippen molar-refractivity contribution in [2.45, 2.75) is 12.8 Å². The first-order valence-electron chi connectivity index (χ1n) is 4.42. The van der Waals surface area contributed by atoms with Crippen LogP contribution in [0.25, 0.3) is 0 Å². The molecule has 0 atom stereocenters. The Bertz CT molecular complexity index is 448. The van der Waals surface area contributed by atoms with Gasteiger partial charge in [0.2, 0.25) is 0 Å². The highest BCUT2D eigenvalue weighted by atomic mass is 32.1. The summed E-state index contributed by atoms with van der Waals surface area (Å²) in [4.78, 5) is 16.8. The van der Waals surface area contributed by atoms with Crippen LogP contribution in [0.15, 0.2) is 23.7 Å². The molecular formula is C10H9NO2S2. The number of nitrogens with zero attached hydrogens (tertiary/aromatic N) is 1. The van der Waals surface area contributed by atoms with Gasteiger partial charge >= 0.3 is 5.97 Å².